The van der Waals surface area contributed by atoms with E-state index in [2.05, 4.69) is 4.72 Å². The maximum absolute atomic E-state index is 12.4. The molecule has 0 radical (unpaired) electrons. The number of hydrogen-bond donors (Lipinski definition) is 1. The first-order chi connectivity index (χ1) is 10.3. The van der Waals surface area contributed by atoms with E-state index in [1.165, 1.54) is 12.1 Å². The van der Waals surface area contributed by atoms with Crippen LogP contribution in [0.3, 0.4) is 0 Å². The standard InChI is InChI=1S/C15H16N2O4S/c1-11-5-3-4-6-13(11)10-16-22(20,21)15-9-14(17(18)19)8-7-12(15)2/h3-9,16H,10H2,1-2H3. The summed E-state index contributed by atoms with van der Waals surface area (Å²) in [5.41, 5.74) is 2.04. The molecule has 7 heteroatoms. The molecular formula is C15H16N2O4S. The molecule has 6 nitrogen and oxygen atoms in total. The number of non-ortho nitro benzene ring substituents is 1. The highest BCUT2D eigenvalue weighted by molar-refractivity contribution is 7.89. The van der Waals surface area contributed by atoms with Crippen molar-refractivity contribution < 1.29 is 13.3 Å². The van der Waals surface area contributed by atoms with Crippen molar-refractivity contribution in [2.24, 2.45) is 0 Å². The second-order valence-corrected chi connectivity index (χ2v) is 6.69. The molecule has 0 aliphatic carbocycles. The van der Waals surface area contributed by atoms with E-state index in [4.69, 9.17) is 0 Å². The zero-order valence-corrected chi connectivity index (χ0v) is 13.1. The van der Waals surface area contributed by atoms with Crippen LogP contribution in [0, 0.1) is 24.0 Å². The number of rotatable bonds is 5. The monoisotopic (exact) mass is 320 g/mol. The van der Waals surface area contributed by atoms with E-state index in [0.29, 0.717) is 5.56 Å². The van der Waals surface area contributed by atoms with E-state index in [-0.39, 0.29) is 17.1 Å². The molecule has 0 heterocycles. The van der Waals surface area contributed by atoms with Crippen LogP contribution in [-0.2, 0) is 16.6 Å². The Labute approximate surface area is 129 Å². The first-order valence-electron chi connectivity index (χ1n) is 6.60. The Morgan fingerprint density at radius 2 is 1.77 bits per heavy atom. The Morgan fingerprint density at radius 1 is 1.09 bits per heavy atom. The summed E-state index contributed by atoms with van der Waals surface area (Å²) in [5, 5.41) is 10.8. The van der Waals surface area contributed by atoms with Gasteiger partial charge in [0.05, 0.1) is 9.82 Å². The fourth-order valence-electron chi connectivity index (χ4n) is 2.05. The summed E-state index contributed by atoms with van der Waals surface area (Å²) in [6, 6.07) is 11.2. The van der Waals surface area contributed by atoms with Crippen LogP contribution in [0.1, 0.15) is 16.7 Å². The summed E-state index contributed by atoms with van der Waals surface area (Å²) >= 11 is 0. The van der Waals surface area contributed by atoms with Crippen molar-refractivity contribution in [3.8, 4) is 0 Å². The van der Waals surface area contributed by atoms with Crippen molar-refractivity contribution in [3.63, 3.8) is 0 Å². The molecule has 2 aromatic rings. The van der Waals surface area contributed by atoms with Gasteiger partial charge in [-0.05, 0) is 30.5 Å². The van der Waals surface area contributed by atoms with Gasteiger partial charge in [0.15, 0.2) is 0 Å². The van der Waals surface area contributed by atoms with Crippen LogP contribution < -0.4 is 4.72 Å². The molecule has 0 bridgehead atoms. The normalized spacial score (nSPS) is 11.4. The van der Waals surface area contributed by atoms with Crippen molar-refractivity contribution in [1.82, 2.24) is 4.72 Å². The van der Waals surface area contributed by atoms with E-state index in [9.17, 15) is 18.5 Å². The van der Waals surface area contributed by atoms with Crippen LogP contribution in [-0.4, -0.2) is 13.3 Å². The average Bonchev–Trinajstić information content (AvgIpc) is 2.46. The third-order valence-electron chi connectivity index (χ3n) is 3.39. The van der Waals surface area contributed by atoms with Gasteiger partial charge in [-0.3, -0.25) is 10.1 Å². The lowest BCUT2D eigenvalue weighted by Crippen LogP contribution is -2.24. The third kappa shape index (κ3) is 3.49. The van der Waals surface area contributed by atoms with Crippen LogP contribution in [0.5, 0.6) is 0 Å². The number of benzene rings is 2. The maximum Gasteiger partial charge on any atom is 0.270 e. The van der Waals surface area contributed by atoms with Gasteiger partial charge in [0, 0.05) is 18.7 Å². The highest BCUT2D eigenvalue weighted by Gasteiger charge is 2.20. The second kappa shape index (κ2) is 6.25. The highest BCUT2D eigenvalue weighted by atomic mass is 32.2. The van der Waals surface area contributed by atoms with Crippen molar-refractivity contribution in [2.75, 3.05) is 0 Å². The van der Waals surface area contributed by atoms with Crippen LogP contribution in [0.2, 0.25) is 0 Å². The van der Waals surface area contributed by atoms with Gasteiger partial charge in [0.1, 0.15) is 0 Å². The molecule has 1 N–H and O–H groups in total. The Morgan fingerprint density at radius 3 is 2.41 bits per heavy atom. The van der Waals surface area contributed by atoms with Crippen LogP contribution in [0.25, 0.3) is 0 Å². The molecule has 0 aliphatic rings. The first-order valence-corrected chi connectivity index (χ1v) is 8.09. The number of nitro groups is 1. The maximum atomic E-state index is 12.4. The van der Waals surface area contributed by atoms with Crippen LogP contribution in [0.15, 0.2) is 47.4 Å². The number of hydrogen-bond acceptors (Lipinski definition) is 4. The lowest BCUT2D eigenvalue weighted by Gasteiger charge is -2.10. The van der Waals surface area contributed by atoms with E-state index in [1.807, 2.05) is 31.2 Å². The van der Waals surface area contributed by atoms with Gasteiger partial charge >= 0.3 is 0 Å². The predicted molar refractivity (Wildman–Crippen MR) is 83.0 cm³/mol. The van der Waals surface area contributed by atoms with Crippen molar-refractivity contribution in [1.29, 1.82) is 0 Å². The van der Waals surface area contributed by atoms with Gasteiger partial charge in [-0.25, -0.2) is 13.1 Å². The van der Waals surface area contributed by atoms with Crippen molar-refractivity contribution in [2.45, 2.75) is 25.3 Å². The number of nitrogens with one attached hydrogen (secondary N) is 1. The summed E-state index contributed by atoms with van der Waals surface area (Å²) in [7, 11) is -3.82. The predicted octanol–water partition coefficient (Wildman–Crippen LogP) is 2.69. The lowest BCUT2D eigenvalue weighted by molar-refractivity contribution is -0.385. The summed E-state index contributed by atoms with van der Waals surface area (Å²) < 4.78 is 27.2. The summed E-state index contributed by atoms with van der Waals surface area (Å²) in [6.07, 6.45) is 0. The first kappa shape index (κ1) is 16.1. The highest BCUT2D eigenvalue weighted by Crippen LogP contribution is 2.22. The molecule has 2 aromatic carbocycles. The van der Waals surface area contributed by atoms with E-state index in [0.717, 1.165) is 17.2 Å². The number of nitrogens with zero attached hydrogens (tertiary/aromatic N) is 1. The van der Waals surface area contributed by atoms with Crippen molar-refractivity contribution >= 4 is 15.7 Å². The fourth-order valence-corrected chi connectivity index (χ4v) is 3.32. The number of sulfonamides is 1. The molecule has 0 fully saturated rings. The largest absolute Gasteiger partial charge is 0.270 e. The zero-order valence-electron chi connectivity index (χ0n) is 12.2. The molecule has 0 aromatic heterocycles. The topological polar surface area (TPSA) is 89.3 Å². The Hall–Kier alpha value is -2.25. The Bertz CT molecular complexity index is 816. The molecule has 22 heavy (non-hydrogen) atoms. The molecule has 0 saturated heterocycles. The van der Waals surface area contributed by atoms with E-state index < -0.39 is 14.9 Å². The Kier molecular flexibility index (Phi) is 4.58. The summed E-state index contributed by atoms with van der Waals surface area (Å²) in [5.74, 6) is 0. The van der Waals surface area contributed by atoms with E-state index in [1.54, 1.807) is 6.92 Å². The van der Waals surface area contributed by atoms with Gasteiger partial charge in [0.2, 0.25) is 10.0 Å². The third-order valence-corrected chi connectivity index (χ3v) is 4.93. The minimum absolute atomic E-state index is 0.0738. The molecule has 0 saturated carbocycles. The molecular weight excluding hydrogens is 304 g/mol. The minimum atomic E-state index is -3.82. The van der Waals surface area contributed by atoms with Gasteiger partial charge in [0.25, 0.3) is 5.69 Å². The molecule has 116 valence electrons. The number of nitro benzene ring substituents is 1. The summed E-state index contributed by atoms with van der Waals surface area (Å²) in [4.78, 5) is 10.1. The van der Waals surface area contributed by atoms with Gasteiger partial charge in [-0.2, -0.15) is 0 Å². The fraction of sp³-hybridized carbons (Fsp3) is 0.200. The second-order valence-electron chi connectivity index (χ2n) is 4.96. The quantitative estimate of drug-likeness (QED) is 0.677. The van der Waals surface area contributed by atoms with Gasteiger partial charge in [-0.1, -0.05) is 30.3 Å². The molecule has 0 spiro atoms. The van der Waals surface area contributed by atoms with Gasteiger partial charge in [-0.15, -0.1) is 0 Å². The summed E-state index contributed by atoms with van der Waals surface area (Å²) in [6.45, 7) is 3.63. The van der Waals surface area contributed by atoms with Crippen molar-refractivity contribution in [3.05, 3.63) is 69.3 Å². The molecule has 0 unspecified atom stereocenters. The van der Waals surface area contributed by atoms with E-state index >= 15 is 0 Å². The van der Waals surface area contributed by atoms with Crippen LogP contribution >= 0.6 is 0 Å². The molecule has 0 amide bonds. The molecule has 0 aliphatic heterocycles. The zero-order chi connectivity index (χ0) is 16.3. The average molecular weight is 320 g/mol. The van der Waals surface area contributed by atoms with Gasteiger partial charge < -0.3 is 0 Å². The molecule has 2 rings (SSSR count). The minimum Gasteiger partial charge on any atom is -0.258 e. The Balaban J connectivity index is 2.29. The molecule has 0 atom stereocenters. The number of aryl methyl sites for hydroxylation is 2. The van der Waals surface area contributed by atoms with Crippen LogP contribution in [0.4, 0.5) is 5.69 Å². The smallest absolute Gasteiger partial charge is 0.258 e. The SMILES string of the molecule is Cc1ccccc1CNS(=O)(=O)c1cc([N+](=O)[O-])ccc1C. The lowest BCUT2D eigenvalue weighted by atomic mass is 10.1.